The van der Waals surface area contributed by atoms with Crippen LogP contribution in [0, 0.1) is 13.8 Å². The van der Waals surface area contributed by atoms with Crippen LogP contribution < -0.4 is 10.9 Å². The van der Waals surface area contributed by atoms with E-state index in [2.05, 4.69) is 37.0 Å². The largest absolute Gasteiger partial charge is 0.360 e. The maximum Gasteiger partial charge on any atom is 0.295 e. The van der Waals surface area contributed by atoms with Crippen LogP contribution in [0.4, 0.5) is 5.82 Å². The Labute approximate surface area is 227 Å². The third kappa shape index (κ3) is 5.92. The first-order valence-corrected chi connectivity index (χ1v) is 14.6. The summed E-state index contributed by atoms with van der Waals surface area (Å²) in [5.74, 6) is 0.951. The Morgan fingerprint density at radius 1 is 1.23 bits per heavy atom. The molecule has 0 aromatic carbocycles. The molecule has 0 saturated heterocycles. The second-order valence-corrected chi connectivity index (χ2v) is 11.9. The van der Waals surface area contributed by atoms with Crippen molar-refractivity contribution < 1.29 is 8.42 Å². The van der Waals surface area contributed by atoms with Crippen LogP contribution in [0.15, 0.2) is 33.0 Å². The Hall–Kier alpha value is -3.87. The highest BCUT2D eigenvalue weighted by atomic mass is 32.2. The number of nitrogens with one attached hydrogen (secondary N) is 1. The van der Waals surface area contributed by atoms with Gasteiger partial charge in [0, 0.05) is 18.2 Å². The summed E-state index contributed by atoms with van der Waals surface area (Å²) in [6.45, 7) is 12.7. The lowest BCUT2D eigenvalue weighted by atomic mass is 10.1. The van der Waals surface area contributed by atoms with Gasteiger partial charge in [-0.25, -0.2) is 38.3 Å². The molecule has 1 fully saturated rings. The third-order valence-electron chi connectivity index (χ3n) is 6.77. The summed E-state index contributed by atoms with van der Waals surface area (Å²) >= 11 is 0. The monoisotopic (exact) mass is 551 g/mol. The van der Waals surface area contributed by atoms with Crippen molar-refractivity contribution in [2.75, 3.05) is 18.1 Å². The normalized spacial score (nSPS) is 15.4. The molecule has 0 unspecified atom stereocenters. The molecule has 1 aliphatic rings. The van der Waals surface area contributed by atoms with Crippen molar-refractivity contribution in [1.82, 2.24) is 29.5 Å². The van der Waals surface area contributed by atoms with E-state index in [0.29, 0.717) is 40.7 Å². The number of nitrogens with zero attached hydrogens (tertiary/aromatic N) is 8. The van der Waals surface area contributed by atoms with Crippen molar-refractivity contribution in [2.45, 2.75) is 65.8 Å². The van der Waals surface area contributed by atoms with Crippen LogP contribution >= 0.6 is 0 Å². The third-order valence-corrected chi connectivity index (χ3v) is 7.95. The number of anilines is 1. The molecule has 1 saturated carbocycles. The molecule has 3 aromatic heterocycles. The highest BCUT2D eigenvalue weighted by Crippen LogP contribution is 2.43. The van der Waals surface area contributed by atoms with Gasteiger partial charge in [0.05, 0.1) is 41.1 Å². The Kier molecular flexibility index (Phi) is 8.00. The smallest absolute Gasteiger partial charge is 0.295 e. The quantitative estimate of drug-likeness (QED) is 0.310. The fourth-order valence-corrected chi connectivity index (χ4v) is 4.30. The average molecular weight is 552 g/mol. The summed E-state index contributed by atoms with van der Waals surface area (Å²) in [6, 6.07) is -0.170. The van der Waals surface area contributed by atoms with E-state index in [-0.39, 0.29) is 29.0 Å². The van der Waals surface area contributed by atoms with E-state index in [1.54, 1.807) is 10.9 Å². The second-order valence-electron chi connectivity index (χ2n) is 9.74. The summed E-state index contributed by atoms with van der Waals surface area (Å²) in [4.78, 5) is 44.7. The highest BCUT2D eigenvalue weighted by molar-refractivity contribution is 8.05. The van der Waals surface area contributed by atoms with Gasteiger partial charge in [-0.1, -0.05) is 6.92 Å². The zero-order valence-electron chi connectivity index (χ0n) is 23.1. The number of hydrogen-bond acceptors (Lipinski definition) is 11. The van der Waals surface area contributed by atoms with Gasteiger partial charge in [-0.2, -0.15) is 0 Å². The van der Waals surface area contributed by atoms with Crippen LogP contribution in [0.3, 0.4) is 0 Å². The molecule has 0 aliphatic heterocycles. The van der Waals surface area contributed by atoms with Crippen LogP contribution in [0.2, 0.25) is 0 Å². The average Bonchev–Trinajstić information content (AvgIpc) is 3.73. The van der Waals surface area contributed by atoms with Gasteiger partial charge in [0.1, 0.15) is 16.9 Å². The number of fused-ring (bicyclic) bond motifs is 1. The van der Waals surface area contributed by atoms with E-state index < -0.39 is 9.84 Å². The van der Waals surface area contributed by atoms with Gasteiger partial charge in [0.2, 0.25) is 0 Å². The van der Waals surface area contributed by atoms with Crippen molar-refractivity contribution in [1.29, 1.82) is 0 Å². The molecule has 39 heavy (non-hydrogen) atoms. The first-order valence-electron chi connectivity index (χ1n) is 12.7. The molecular weight excluding hydrogens is 518 g/mol. The molecule has 0 bridgehead atoms. The van der Waals surface area contributed by atoms with E-state index in [9.17, 15) is 13.2 Å². The maximum atomic E-state index is 13.7. The molecule has 3 aromatic rings. The summed E-state index contributed by atoms with van der Waals surface area (Å²) in [5, 5.41) is 2.96. The van der Waals surface area contributed by atoms with Gasteiger partial charge in [0.25, 0.3) is 5.56 Å². The molecule has 3 heterocycles. The van der Waals surface area contributed by atoms with Gasteiger partial charge in [0.15, 0.2) is 27.1 Å². The van der Waals surface area contributed by atoms with Gasteiger partial charge >= 0.3 is 0 Å². The van der Waals surface area contributed by atoms with Crippen molar-refractivity contribution in [3.8, 4) is 11.4 Å². The molecular formula is C26H33N9O3S. The summed E-state index contributed by atoms with van der Waals surface area (Å²) in [5.41, 5.74) is 4.09. The fourth-order valence-electron chi connectivity index (χ4n) is 4.05. The van der Waals surface area contributed by atoms with Gasteiger partial charge in [-0.3, -0.25) is 14.4 Å². The zero-order valence-corrected chi connectivity index (χ0v) is 23.9. The van der Waals surface area contributed by atoms with Gasteiger partial charge < -0.3 is 5.32 Å². The van der Waals surface area contributed by atoms with Crippen LogP contribution in [0.5, 0.6) is 0 Å². The molecule has 0 amide bonds. The zero-order chi connectivity index (χ0) is 28.5. The lowest BCUT2D eigenvalue weighted by Crippen LogP contribution is -2.29. The fraction of sp³-hybridized carbons (Fsp3) is 0.462. The Morgan fingerprint density at radius 3 is 2.56 bits per heavy atom. The predicted octanol–water partition coefficient (Wildman–Crippen LogP) is 3.53. The minimum absolute atomic E-state index is 0.0564. The number of rotatable bonds is 9. The number of aromatic nitrogens is 6. The highest BCUT2D eigenvalue weighted by Gasteiger charge is 2.30. The molecule has 1 aliphatic carbocycles. The molecule has 12 nitrogen and oxygen atoms in total. The van der Waals surface area contributed by atoms with Crippen LogP contribution in [-0.4, -0.2) is 62.5 Å². The summed E-state index contributed by atoms with van der Waals surface area (Å²) in [7, 11) is -3.42. The Balaban J connectivity index is 1.82. The topological polar surface area (TPSA) is 157 Å². The molecule has 1 atom stereocenters. The number of sulfone groups is 1. The van der Waals surface area contributed by atoms with E-state index in [4.69, 9.17) is 9.97 Å². The number of aryl methyl sites for hydroxylation is 2. The molecule has 0 radical (unpaired) electrons. The molecule has 206 valence electrons. The van der Waals surface area contributed by atoms with E-state index in [0.717, 1.165) is 36.0 Å². The summed E-state index contributed by atoms with van der Waals surface area (Å²) in [6.07, 6.45) is 6.77. The lowest BCUT2D eigenvalue weighted by molar-refractivity contribution is 0.526. The molecule has 1 N–H and O–H groups in total. The standard InChI is InChI=1S/C26H33N9O3S/c1-8-14(2)35-25-21(16(4)32-23(34-25)20-15(3)30-13-31-22(20)18-9-10-18)33-24(26(35)36)29-12-19(27-6)11-28-17(5)39(7,37)38/h11,13-14,18H,6,8-10,12H2,1-5,7H3,(H,29,33)/b19-11-,28-17?/t14-/m1/s1. The van der Waals surface area contributed by atoms with Gasteiger partial charge in [-0.05, 0) is 53.7 Å². The van der Waals surface area contributed by atoms with Crippen molar-refractivity contribution in [3.05, 3.63) is 45.7 Å². The van der Waals surface area contributed by atoms with Crippen LogP contribution in [0.1, 0.15) is 69.1 Å². The first kappa shape index (κ1) is 28.1. The molecule has 4 rings (SSSR count). The summed E-state index contributed by atoms with van der Waals surface area (Å²) < 4.78 is 24.9. The van der Waals surface area contributed by atoms with Crippen LogP contribution in [-0.2, 0) is 9.84 Å². The van der Waals surface area contributed by atoms with Crippen LogP contribution in [0.25, 0.3) is 22.6 Å². The molecule has 0 spiro atoms. The van der Waals surface area contributed by atoms with Crippen molar-refractivity contribution in [2.24, 2.45) is 9.98 Å². The lowest BCUT2D eigenvalue weighted by Gasteiger charge is -2.19. The van der Waals surface area contributed by atoms with E-state index >= 15 is 0 Å². The van der Waals surface area contributed by atoms with E-state index in [1.165, 1.54) is 13.1 Å². The first-order chi connectivity index (χ1) is 18.5. The van der Waals surface area contributed by atoms with E-state index in [1.807, 2.05) is 27.7 Å². The van der Waals surface area contributed by atoms with Gasteiger partial charge in [-0.15, -0.1) is 0 Å². The van der Waals surface area contributed by atoms with Crippen molar-refractivity contribution >= 4 is 38.6 Å². The number of aliphatic imine (C=N–C) groups is 2. The second kappa shape index (κ2) is 11.1. The SMILES string of the molecule is C=N/C(=C\N=C(C)S(C)(=O)=O)CNc1nc2c(C)nc(-c3c(C)ncnc3C3CC3)nc2n([C@H](C)CC)c1=O. The minimum Gasteiger partial charge on any atom is -0.360 e. The number of hydrogen-bond donors (Lipinski definition) is 1. The van der Waals surface area contributed by atoms with Crippen molar-refractivity contribution in [3.63, 3.8) is 0 Å². The minimum atomic E-state index is -3.42. The Morgan fingerprint density at radius 2 is 1.95 bits per heavy atom. The Bertz CT molecular complexity index is 1670. The predicted molar refractivity (Wildman–Crippen MR) is 153 cm³/mol. The molecule has 13 heteroatoms. The maximum absolute atomic E-state index is 13.7.